The van der Waals surface area contributed by atoms with Crippen molar-refractivity contribution < 1.29 is 38.1 Å². The van der Waals surface area contributed by atoms with E-state index in [0.717, 1.165) is 4.90 Å². The van der Waals surface area contributed by atoms with Crippen LogP contribution in [0.5, 0.6) is 17.2 Å². The number of amides is 3. The molecule has 3 amide bonds. The second kappa shape index (κ2) is 18.4. The number of thiazole rings is 1. The van der Waals surface area contributed by atoms with Gasteiger partial charge in [-0.3, -0.25) is 19.2 Å². The second-order valence-electron chi connectivity index (χ2n) is 10.4. The van der Waals surface area contributed by atoms with Gasteiger partial charge in [0.25, 0.3) is 11.8 Å². The second-order valence-corrected chi connectivity index (χ2v) is 12.6. The van der Waals surface area contributed by atoms with Crippen molar-refractivity contribution in [3.63, 3.8) is 0 Å². The smallest absolute Gasteiger partial charge is 0.311 e. The predicted octanol–water partition coefficient (Wildman–Crippen LogP) is 6.19. The number of benzene rings is 3. The maximum atomic E-state index is 13.8. The zero-order valence-corrected chi connectivity index (χ0v) is 29.9. The van der Waals surface area contributed by atoms with Gasteiger partial charge in [0, 0.05) is 33.2 Å². The first kappa shape index (κ1) is 37.5. The minimum absolute atomic E-state index is 0.0271. The first-order chi connectivity index (χ1) is 24.2. The van der Waals surface area contributed by atoms with Crippen LogP contribution in [0.4, 0.5) is 10.8 Å². The van der Waals surface area contributed by atoms with Crippen LogP contribution in [-0.4, -0.2) is 61.9 Å². The molecule has 3 aromatic carbocycles. The highest BCUT2D eigenvalue weighted by Crippen LogP contribution is 2.36. The van der Waals surface area contributed by atoms with E-state index < -0.39 is 17.1 Å². The zero-order chi connectivity index (χ0) is 36.0. The van der Waals surface area contributed by atoms with Crippen LogP contribution < -0.4 is 30.2 Å². The Morgan fingerprint density at radius 1 is 0.880 bits per heavy atom. The van der Waals surface area contributed by atoms with Gasteiger partial charge in [0.05, 0.1) is 45.3 Å². The highest BCUT2D eigenvalue weighted by molar-refractivity contribution is 8.00. The van der Waals surface area contributed by atoms with Crippen LogP contribution in [0, 0.1) is 0 Å². The van der Waals surface area contributed by atoms with E-state index in [9.17, 15) is 19.2 Å². The van der Waals surface area contributed by atoms with E-state index in [1.54, 1.807) is 73.0 Å². The molecule has 0 aliphatic carbocycles. The summed E-state index contributed by atoms with van der Waals surface area (Å²) in [5.74, 6) is -0.494. The van der Waals surface area contributed by atoms with Crippen molar-refractivity contribution in [2.45, 2.75) is 36.8 Å². The number of aromatic nitrogens is 1. The Bertz CT molecular complexity index is 1840. The summed E-state index contributed by atoms with van der Waals surface area (Å²) in [5, 5.41) is 10.0. The lowest BCUT2D eigenvalue weighted by Gasteiger charge is -2.16. The maximum Gasteiger partial charge on any atom is 0.311 e. The molecule has 3 N–H and O–H groups in total. The summed E-state index contributed by atoms with van der Waals surface area (Å²) in [4.78, 5) is 57.0. The Morgan fingerprint density at radius 3 is 2.28 bits per heavy atom. The zero-order valence-electron chi connectivity index (χ0n) is 28.2. The summed E-state index contributed by atoms with van der Waals surface area (Å²) in [7, 11) is 4.47. The van der Waals surface area contributed by atoms with Gasteiger partial charge < -0.3 is 34.9 Å². The summed E-state index contributed by atoms with van der Waals surface area (Å²) in [5.41, 5.74) is 1.72. The number of nitrogens with one attached hydrogen (secondary N) is 3. The molecule has 0 saturated carbocycles. The molecular weight excluding hydrogens is 681 g/mol. The SMILES string of the molecule is CCOC(=O)Cc1csc(NC(=O)C(CC)Sc2cccc(NC(=O)/C(=C\c3cc(OC)c(OC)cc3OC)NC(=O)c3ccccc3)c2)n1. The van der Waals surface area contributed by atoms with Crippen LogP contribution in [0.3, 0.4) is 0 Å². The Hall–Kier alpha value is -5.34. The molecule has 1 unspecified atom stereocenters. The number of methoxy groups -OCH3 is 3. The summed E-state index contributed by atoms with van der Waals surface area (Å²) >= 11 is 2.55. The van der Waals surface area contributed by atoms with Gasteiger partial charge in [-0.25, -0.2) is 4.98 Å². The van der Waals surface area contributed by atoms with Gasteiger partial charge in [-0.15, -0.1) is 23.1 Å². The highest BCUT2D eigenvalue weighted by atomic mass is 32.2. The number of ether oxygens (including phenoxy) is 4. The Balaban J connectivity index is 1.53. The van der Waals surface area contributed by atoms with E-state index in [0.29, 0.717) is 51.3 Å². The minimum atomic E-state index is -0.597. The summed E-state index contributed by atoms with van der Waals surface area (Å²) in [6.45, 7) is 3.91. The Morgan fingerprint density at radius 2 is 1.60 bits per heavy atom. The van der Waals surface area contributed by atoms with E-state index >= 15 is 0 Å². The van der Waals surface area contributed by atoms with Crippen molar-refractivity contribution in [1.82, 2.24) is 10.3 Å². The quantitative estimate of drug-likeness (QED) is 0.0694. The third-order valence-electron chi connectivity index (χ3n) is 7.01. The molecule has 14 heteroatoms. The monoisotopic (exact) mass is 718 g/mol. The van der Waals surface area contributed by atoms with Crippen LogP contribution in [-0.2, 0) is 25.5 Å². The molecule has 0 saturated heterocycles. The lowest BCUT2D eigenvalue weighted by molar-refractivity contribution is -0.142. The standard InChI is InChI=1S/C36H38N4O8S2/c1-6-31(35(44)40-36-38-25(21-49-36)19-32(41)48-7-2)50-26-15-11-14-24(18-26)37-34(43)27(39-33(42)22-12-9-8-10-13-22)16-23-17-29(46-4)30(47-5)20-28(23)45-3/h8-18,20-21,31H,6-7,19H2,1-5H3,(H,37,43)(H,39,42)(H,38,40,44)/b27-16+. The fourth-order valence-corrected chi connectivity index (χ4v) is 6.31. The number of carbonyl (C=O) groups excluding carboxylic acids is 4. The lowest BCUT2D eigenvalue weighted by atomic mass is 10.1. The number of carbonyl (C=O) groups is 4. The van der Waals surface area contributed by atoms with Gasteiger partial charge in [0.2, 0.25) is 5.91 Å². The number of hydrogen-bond acceptors (Lipinski definition) is 11. The number of thioether (sulfide) groups is 1. The Labute approximate surface area is 298 Å². The fraction of sp³-hybridized carbons (Fsp3) is 0.250. The molecule has 0 aliphatic heterocycles. The van der Waals surface area contributed by atoms with Crippen molar-refractivity contribution in [3.05, 3.63) is 94.6 Å². The normalized spacial score (nSPS) is 11.6. The van der Waals surface area contributed by atoms with E-state index in [-0.39, 0.29) is 30.6 Å². The van der Waals surface area contributed by atoms with E-state index in [1.807, 2.05) is 13.0 Å². The van der Waals surface area contributed by atoms with Gasteiger partial charge in [-0.1, -0.05) is 31.2 Å². The molecule has 1 aromatic heterocycles. The summed E-state index contributed by atoms with van der Waals surface area (Å²) in [6.07, 6.45) is 2.03. The number of anilines is 2. The molecule has 50 heavy (non-hydrogen) atoms. The first-order valence-corrected chi connectivity index (χ1v) is 17.3. The third-order valence-corrected chi connectivity index (χ3v) is 9.18. The molecule has 12 nitrogen and oxygen atoms in total. The van der Waals surface area contributed by atoms with Gasteiger partial charge in [0.15, 0.2) is 16.6 Å². The van der Waals surface area contributed by atoms with Gasteiger partial charge in [-0.2, -0.15) is 0 Å². The number of nitrogens with zero attached hydrogens (tertiary/aromatic N) is 1. The number of rotatable bonds is 16. The van der Waals surface area contributed by atoms with Crippen molar-refractivity contribution >= 4 is 63.7 Å². The van der Waals surface area contributed by atoms with Crippen molar-refractivity contribution in [2.75, 3.05) is 38.6 Å². The minimum Gasteiger partial charge on any atom is -0.496 e. The molecule has 4 rings (SSSR count). The third kappa shape index (κ3) is 10.3. The topological polar surface area (TPSA) is 154 Å². The van der Waals surface area contributed by atoms with Crippen LogP contribution >= 0.6 is 23.1 Å². The highest BCUT2D eigenvalue weighted by Gasteiger charge is 2.21. The Kier molecular flexibility index (Phi) is 13.8. The molecule has 0 bridgehead atoms. The largest absolute Gasteiger partial charge is 0.496 e. The van der Waals surface area contributed by atoms with Crippen molar-refractivity contribution in [3.8, 4) is 17.2 Å². The van der Waals surface area contributed by atoms with E-state index in [4.69, 9.17) is 18.9 Å². The van der Waals surface area contributed by atoms with Crippen LogP contribution in [0.2, 0.25) is 0 Å². The fourth-order valence-electron chi connectivity index (χ4n) is 4.59. The molecule has 1 atom stereocenters. The van der Waals surface area contributed by atoms with Gasteiger partial charge >= 0.3 is 5.97 Å². The molecule has 1 heterocycles. The molecule has 0 spiro atoms. The lowest BCUT2D eigenvalue weighted by Crippen LogP contribution is -2.30. The molecule has 0 fully saturated rings. The van der Waals surface area contributed by atoms with Crippen LogP contribution in [0.15, 0.2) is 82.7 Å². The predicted molar refractivity (Wildman–Crippen MR) is 194 cm³/mol. The molecule has 262 valence electrons. The van der Waals surface area contributed by atoms with Crippen LogP contribution in [0.25, 0.3) is 6.08 Å². The van der Waals surface area contributed by atoms with E-state index in [2.05, 4.69) is 20.9 Å². The number of esters is 1. The van der Waals surface area contributed by atoms with E-state index in [1.165, 1.54) is 50.5 Å². The molecule has 0 radical (unpaired) electrons. The van der Waals surface area contributed by atoms with Gasteiger partial charge in [0.1, 0.15) is 11.4 Å². The first-order valence-electron chi connectivity index (χ1n) is 15.5. The molecule has 0 aliphatic rings. The molecule has 4 aromatic rings. The maximum absolute atomic E-state index is 13.8. The summed E-state index contributed by atoms with van der Waals surface area (Å²) in [6, 6.07) is 18.8. The van der Waals surface area contributed by atoms with Crippen molar-refractivity contribution in [2.24, 2.45) is 0 Å². The van der Waals surface area contributed by atoms with Gasteiger partial charge in [-0.05, 0) is 55.8 Å². The summed E-state index contributed by atoms with van der Waals surface area (Å²) < 4.78 is 21.3. The van der Waals surface area contributed by atoms with Crippen molar-refractivity contribution in [1.29, 1.82) is 0 Å². The van der Waals surface area contributed by atoms with Crippen LogP contribution in [0.1, 0.15) is 41.9 Å². The average Bonchev–Trinajstić information content (AvgIpc) is 3.56. The number of hydrogen-bond donors (Lipinski definition) is 3. The average molecular weight is 719 g/mol. The molecular formula is C36H38N4O8S2.